The van der Waals surface area contributed by atoms with Crippen LogP contribution in [0.15, 0.2) is 66.4 Å². The van der Waals surface area contributed by atoms with Gasteiger partial charge in [0, 0.05) is 18.3 Å². The van der Waals surface area contributed by atoms with Crippen LogP contribution in [-0.2, 0) is 28.9 Å². The Labute approximate surface area is 227 Å². The van der Waals surface area contributed by atoms with Crippen LogP contribution in [0.1, 0.15) is 17.0 Å². The van der Waals surface area contributed by atoms with Crippen molar-refractivity contribution in [1.82, 2.24) is 20.1 Å². The van der Waals surface area contributed by atoms with Crippen LogP contribution in [0.25, 0.3) is 6.08 Å². The molecule has 13 heteroatoms. The lowest BCUT2D eigenvalue weighted by Crippen LogP contribution is -2.23. The minimum atomic E-state index is -4.51. The van der Waals surface area contributed by atoms with E-state index < -0.39 is 17.6 Å². The van der Waals surface area contributed by atoms with Gasteiger partial charge in [0.25, 0.3) is 0 Å². The zero-order valence-corrected chi connectivity index (χ0v) is 21.9. The number of rotatable bonds is 12. The summed E-state index contributed by atoms with van der Waals surface area (Å²) in [6.07, 6.45) is 0.0825. The zero-order chi connectivity index (χ0) is 28.4. The Morgan fingerprint density at radius 2 is 1.87 bits per heavy atom. The number of hydrogen-bond acceptors (Lipinski definition) is 7. The first-order valence-corrected chi connectivity index (χ1v) is 12.4. The van der Waals surface area contributed by atoms with Crippen molar-refractivity contribution in [2.75, 3.05) is 25.3 Å². The highest BCUT2D eigenvalue weighted by atomic mass is 32.2. The van der Waals surface area contributed by atoms with Crippen LogP contribution in [0.3, 0.4) is 0 Å². The minimum Gasteiger partial charge on any atom is -0.493 e. The van der Waals surface area contributed by atoms with E-state index in [2.05, 4.69) is 27.4 Å². The topological polar surface area (TPSA) is 107 Å². The fourth-order valence-corrected chi connectivity index (χ4v) is 4.09. The first kappa shape index (κ1) is 29.3. The van der Waals surface area contributed by atoms with Crippen LogP contribution >= 0.6 is 11.8 Å². The molecule has 3 aromatic rings. The van der Waals surface area contributed by atoms with Crippen molar-refractivity contribution < 1.29 is 32.2 Å². The number of benzene rings is 2. The number of hydrogen-bond donors (Lipinski definition) is 2. The molecule has 9 nitrogen and oxygen atoms in total. The Hall–Kier alpha value is -4.26. The molecule has 2 amide bonds. The third kappa shape index (κ3) is 8.37. The fraction of sp³-hybridized carbons (Fsp3) is 0.231. The molecule has 0 bridgehead atoms. The van der Waals surface area contributed by atoms with Crippen LogP contribution in [-0.4, -0.2) is 46.6 Å². The second kappa shape index (κ2) is 13.5. The molecule has 0 saturated heterocycles. The Kier molecular flexibility index (Phi) is 10.1. The summed E-state index contributed by atoms with van der Waals surface area (Å²) in [7, 11) is 3.05. The molecule has 3 rings (SSSR count). The van der Waals surface area contributed by atoms with Gasteiger partial charge in [-0.3, -0.25) is 9.59 Å². The van der Waals surface area contributed by atoms with Gasteiger partial charge in [0.1, 0.15) is 0 Å². The van der Waals surface area contributed by atoms with Gasteiger partial charge in [-0.25, -0.2) is 0 Å². The maximum atomic E-state index is 12.9. The van der Waals surface area contributed by atoms with Gasteiger partial charge in [0.05, 0.1) is 32.1 Å². The number of aromatic nitrogens is 3. The number of nitrogens with zero attached hydrogens (tertiary/aromatic N) is 3. The van der Waals surface area contributed by atoms with Crippen molar-refractivity contribution in [1.29, 1.82) is 0 Å². The number of methoxy groups -OCH3 is 2. The number of allylic oxidation sites excluding steroid dienone is 1. The fourth-order valence-electron chi connectivity index (χ4n) is 3.32. The molecule has 1 heterocycles. The van der Waals surface area contributed by atoms with Gasteiger partial charge < -0.3 is 24.7 Å². The summed E-state index contributed by atoms with van der Waals surface area (Å²) in [5, 5.41) is 13.7. The van der Waals surface area contributed by atoms with Crippen LogP contribution < -0.4 is 20.1 Å². The minimum absolute atomic E-state index is 0.0347. The second-order valence-electron chi connectivity index (χ2n) is 7.88. The van der Waals surface area contributed by atoms with E-state index in [9.17, 15) is 22.8 Å². The number of amides is 2. The van der Waals surface area contributed by atoms with Gasteiger partial charge in [0.2, 0.25) is 11.8 Å². The number of carbonyl (C=O) groups excluding carboxylic acids is 2. The van der Waals surface area contributed by atoms with Gasteiger partial charge >= 0.3 is 6.18 Å². The highest BCUT2D eigenvalue weighted by Gasteiger charge is 2.30. The van der Waals surface area contributed by atoms with Gasteiger partial charge in [-0.15, -0.1) is 16.8 Å². The number of thioether (sulfide) groups is 1. The van der Waals surface area contributed by atoms with E-state index in [-0.39, 0.29) is 23.9 Å². The number of nitrogens with one attached hydrogen (secondary N) is 2. The van der Waals surface area contributed by atoms with E-state index in [4.69, 9.17) is 9.47 Å². The van der Waals surface area contributed by atoms with Crippen molar-refractivity contribution in [2.45, 2.75) is 24.4 Å². The average molecular weight is 562 g/mol. The molecular formula is C26H26F3N5O4S. The summed E-state index contributed by atoms with van der Waals surface area (Å²) in [5.74, 6) is 0.541. The molecule has 2 N–H and O–H groups in total. The normalized spacial score (nSPS) is 11.3. The summed E-state index contributed by atoms with van der Waals surface area (Å²) in [4.78, 5) is 24.7. The molecule has 206 valence electrons. The molecule has 1 aromatic heterocycles. The maximum absolute atomic E-state index is 12.9. The standard InChI is InChI=1S/C26H26F3N5O4S/c1-4-12-34-22(15-30-23(35)11-9-17-8-10-20(37-2)21(13-17)38-3)32-33-25(34)39-16-24(36)31-19-7-5-6-18(14-19)26(27,28)29/h4-11,13-14H,1,12,15-16H2,2-3H3,(H,30,35)(H,31,36)/b11-9+. The molecule has 0 aliphatic carbocycles. The van der Waals surface area contributed by atoms with Crippen molar-refractivity contribution >= 4 is 35.3 Å². The lowest BCUT2D eigenvalue weighted by atomic mass is 10.2. The third-order valence-corrected chi connectivity index (χ3v) is 6.13. The Bertz CT molecular complexity index is 1360. The van der Waals surface area contributed by atoms with Gasteiger partial charge in [0.15, 0.2) is 22.5 Å². The second-order valence-corrected chi connectivity index (χ2v) is 8.82. The third-order valence-electron chi connectivity index (χ3n) is 5.17. The molecule has 39 heavy (non-hydrogen) atoms. The molecule has 0 spiro atoms. The van der Waals surface area contributed by atoms with E-state index in [1.54, 1.807) is 34.9 Å². The van der Waals surface area contributed by atoms with E-state index in [0.717, 1.165) is 29.5 Å². The number of halogens is 3. The maximum Gasteiger partial charge on any atom is 0.416 e. The smallest absolute Gasteiger partial charge is 0.416 e. The predicted octanol–water partition coefficient (Wildman–Crippen LogP) is 4.56. The molecule has 0 fully saturated rings. The SMILES string of the molecule is C=CCn1c(CNC(=O)/C=C/c2ccc(OC)c(OC)c2)nnc1SCC(=O)Nc1cccc(C(F)(F)F)c1. The molecule has 0 saturated carbocycles. The number of carbonyl (C=O) groups is 2. The number of alkyl halides is 3. The first-order chi connectivity index (χ1) is 18.6. The summed E-state index contributed by atoms with van der Waals surface area (Å²) < 4.78 is 50.8. The van der Waals surface area contributed by atoms with Crippen LogP contribution in [0.4, 0.5) is 18.9 Å². The Balaban J connectivity index is 1.58. The Morgan fingerprint density at radius 1 is 1.10 bits per heavy atom. The van der Waals surface area contributed by atoms with E-state index in [1.165, 1.54) is 32.4 Å². The van der Waals surface area contributed by atoms with Crippen molar-refractivity contribution in [3.8, 4) is 11.5 Å². The van der Waals surface area contributed by atoms with Gasteiger partial charge in [-0.05, 0) is 42.0 Å². The molecular weight excluding hydrogens is 535 g/mol. The van der Waals surface area contributed by atoms with Crippen LogP contribution in [0, 0.1) is 0 Å². The van der Waals surface area contributed by atoms with Crippen molar-refractivity contribution in [3.63, 3.8) is 0 Å². The van der Waals surface area contributed by atoms with Gasteiger partial charge in [-0.1, -0.05) is 30.0 Å². The molecule has 2 aromatic carbocycles. The Morgan fingerprint density at radius 3 is 2.56 bits per heavy atom. The summed E-state index contributed by atoms with van der Waals surface area (Å²) in [6.45, 7) is 4.09. The highest BCUT2D eigenvalue weighted by Crippen LogP contribution is 2.31. The summed E-state index contributed by atoms with van der Waals surface area (Å²) in [6, 6.07) is 9.62. The zero-order valence-electron chi connectivity index (χ0n) is 21.1. The quantitative estimate of drug-likeness (QED) is 0.190. The molecule has 0 radical (unpaired) electrons. The lowest BCUT2D eigenvalue weighted by molar-refractivity contribution is -0.137. The molecule has 0 atom stereocenters. The van der Waals surface area contributed by atoms with E-state index in [0.29, 0.717) is 29.0 Å². The monoisotopic (exact) mass is 561 g/mol. The molecule has 0 unspecified atom stereocenters. The van der Waals surface area contributed by atoms with E-state index in [1.807, 2.05) is 0 Å². The molecule has 0 aliphatic rings. The summed E-state index contributed by atoms with van der Waals surface area (Å²) >= 11 is 1.05. The summed E-state index contributed by atoms with van der Waals surface area (Å²) in [5.41, 5.74) is -0.0869. The van der Waals surface area contributed by atoms with Crippen molar-refractivity contribution in [2.24, 2.45) is 0 Å². The van der Waals surface area contributed by atoms with Crippen LogP contribution in [0.5, 0.6) is 11.5 Å². The van der Waals surface area contributed by atoms with Crippen LogP contribution in [0.2, 0.25) is 0 Å². The average Bonchev–Trinajstić information content (AvgIpc) is 3.30. The predicted molar refractivity (Wildman–Crippen MR) is 141 cm³/mol. The van der Waals surface area contributed by atoms with Gasteiger partial charge in [-0.2, -0.15) is 13.2 Å². The van der Waals surface area contributed by atoms with Crippen molar-refractivity contribution in [3.05, 3.63) is 78.1 Å². The highest BCUT2D eigenvalue weighted by molar-refractivity contribution is 7.99. The molecule has 0 aliphatic heterocycles. The first-order valence-electron chi connectivity index (χ1n) is 11.5. The number of ether oxygens (including phenoxy) is 2. The number of anilines is 1. The lowest BCUT2D eigenvalue weighted by Gasteiger charge is -2.10. The van der Waals surface area contributed by atoms with E-state index >= 15 is 0 Å². The largest absolute Gasteiger partial charge is 0.493 e.